The molecule has 0 aromatic carbocycles. The largest absolute Gasteiger partial charge is 0.341 e. The van der Waals surface area contributed by atoms with Crippen molar-refractivity contribution < 1.29 is 9.59 Å². The Balaban J connectivity index is 2.13. The highest BCUT2D eigenvalue weighted by atomic mass is 16.2. The Bertz CT molecular complexity index is 277. The van der Waals surface area contributed by atoms with Gasteiger partial charge in [0.15, 0.2) is 0 Å². The second-order valence-electron chi connectivity index (χ2n) is 4.85. The zero-order valence-electron chi connectivity index (χ0n) is 11.3. The van der Waals surface area contributed by atoms with Crippen LogP contribution in [0.25, 0.3) is 0 Å². The van der Waals surface area contributed by atoms with Crippen LogP contribution in [0.4, 0.5) is 4.79 Å². The van der Waals surface area contributed by atoms with E-state index in [1.807, 2.05) is 7.05 Å². The first-order valence-electron chi connectivity index (χ1n) is 6.52. The summed E-state index contributed by atoms with van der Waals surface area (Å²) in [5, 5.41) is 8.00. The van der Waals surface area contributed by atoms with E-state index in [0.717, 1.165) is 19.6 Å². The summed E-state index contributed by atoms with van der Waals surface area (Å²) in [5.41, 5.74) is 0. The summed E-state index contributed by atoms with van der Waals surface area (Å²) in [4.78, 5) is 24.5. The van der Waals surface area contributed by atoms with E-state index in [4.69, 9.17) is 0 Å². The maximum atomic E-state index is 11.4. The molecule has 0 radical (unpaired) electrons. The van der Waals surface area contributed by atoms with E-state index in [-0.39, 0.29) is 5.91 Å². The van der Waals surface area contributed by atoms with Crippen LogP contribution in [0.15, 0.2) is 0 Å². The van der Waals surface area contributed by atoms with Gasteiger partial charge in [-0.05, 0) is 38.9 Å². The van der Waals surface area contributed by atoms with Gasteiger partial charge in [0.1, 0.15) is 0 Å². The Morgan fingerprint density at radius 1 is 1.44 bits per heavy atom. The summed E-state index contributed by atoms with van der Waals surface area (Å²) in [7, 11) is 3.51. The van der Waals surface area contributed by atoms with Gasteiger partial charge in [0, 0.05) is 26.6 Å². The maximum Gasteiger partial charge on any atom is 0.321 e. The van der Waals surface area contributed by atoms with Crippen molar-refractivity contribution in [2.24, 2.45) is 5.92 Å². The molecule has 0 spiro atoms. The fourth-order valence-electron chi connectivity index (χ4n) is 2.16. The van der Waals surface area contributed by atoms with Gasteiger partial charge in [0.25, 0.3) is 0 Å². The average molecular weight is 256 g/mol. The first-order valence-corrected chi connectivity index (χ1v) is 6.52. The third kappa shape index (κ3) is 5.97. The zero-order chi connectivity index (χ0) is 13.4. The van der Waals surface area contributed by atoms with Crippen LogP contribution >= 0.6 is 0 Å². The van der Waals surface area contributed by atoms with Gasteiger partial charge in [-0.15, -0.1) is 0 Å². The number of hydrogen-bond acceptors (Lipinski definition) is 4. The maximum absolute atomic E-state index is 11.4. The molecule has 0 aromatic rings. The molecule has 6 heteroatoms. The summed E-state index contributed by atoms with van der Waals surface area (Å²) < 4.78 is 0. The number of carbonyl (C=O) groups excluding carboxylic acids is 2. The monoisotopic (exact) mass is 256 g/mol. The molecule has 1 fully saturated rings. The van der Waals surface area contributed by atoms with Gasteiger partial charge in [-0.2, -0.15) is 0 Å². The molecule has 1 aliphatic heterocycles. The molecule has 1 atom stereocenters. The number of imide groups is 1. The quantitative estimate of drug-likeness (QED) is 0.635. The van der Waals surface area contributed by atoms with Crippen LogP contribution in [-0.2, 0) is 4.79 Å². The molecule has 0 saturated carbocycles. The lowest BCUT2D eigenvalue weighted by molar-refractivity contribution is -0.120. The molecule has 1 saturated heterocycles. The van der Waals surface area contributed by atoms with Crippen molar-refractivity contribution in [1.82, 2.24) is 20.9 Å². The molecule has 1 aliphatic rings. The van der Waals surface area contributed by atoms with E-state index in [1.54, 1.807) is 0 Å². The summed E-state index contributed by atoms with van der Waals surface area (Å²) >= 11 is 0. The van der Waals surface area contributed by atoms with Gasteiger partial charge in [-0.1, -0.05) is 0 Å². The lowest BCUT2D eigenvalue weighted by Gasteiger charge is -2.27. The molecule has 1 unspecified atom stereocenters. The van der Waals surface area contributed by atoms with Crippen LogP contribution in [0.3, 0.4) is 0 Å². The molecule has 104 valence electrons. The minimum absolute atomic E-state index is 0.233. The number of urea groups is 1. The summed E-state index contributed by atoms with van der Waals surface area (Å²) in [6, 6.07) is -0.445. The lowest BCUT2D eigenvalue weighted by atomic mass is 9.99. The Kier molecular flexibility index (Phi) is 6.67. The van der Waals surface area contributed by atoms with Crippen molar-refractivity contribution in [2.75, 3.05) is 40.3 Å². The number of amides is 3. The second-order valence-corrected chi connectivity index (χ2v) is 4.85. The van der Waals surface area contributed by atoms with E-state index in [0.29, 0.717) is 18.9 Å². The topological polar surface area (TPSA) is 73.5 Å². The molecular formula is C12H24N4O2. The third-order valence-electron chi connectivity index (χ3n) is 3.17. The van der Waals surface area contributed by atoms with Crippen LogP contribution in [-0.4, -0.2) is 57.1 Å². The standard InChI is InChI=1S/C12H24N4O2/c1-13-12(18)15-11(17)5-7-16(2)9-10-4-3-6-14-8-10/h10,14H,3-9H2,1-2H3,(H2,13,15,17,18). The second kappa shape index (κ2) is 8.05. The highest BCUT2D eigenvalue weighted by Gasteiger charge is 2.15. The van der Waals surface area contributed by atoms with Gasteiger partial charge in [0.2, 0.25) is 5.91 Å². The minimum Gasteiger partial charge on any atom is -0.341 e. The van der Waals surface area contributed by atoms with Crippen LogP contribution < -0.4 is 16.0 Å². The van der Waals surface area contributed by atoms with Gasteiger partial charge in [-0.3, -0.25) is 10.1 Å². The molecule has 0 bridgehead atoms. The first kappa shape index (κ1) is 14.9. The van der Waals surface area contributed by atoms with Crippen molar-refractivity contribution in [3.63, 3.8) is 0 Å². The van der Waals surface area contributed by atoms with Crippen molar-refractivity contribution >= 4 is 11.9 Å². The normalized spacial score (nSPS) is 19.6. The van der Waals surface area contributed by atoms with E-state index in [9.17, 15) is 9.59 Å². The average Bonchev–Trinajstić information content (AvgIpc) is 2.37. The highest BCUT2D eigenvalue weighted by molar-refractivity contribution is 5.94. The number of hydrogen-bond donors (Lipinski definition) is 3. The number of rotatable bonds is 5. The molecule has 6 nitrogen and oxygen atoms in total. The highest BCUT2D eigenvalue weighted by Crippen LogP contribution is 2.10. The van der Waals surface area contributed by atoms with Crippen LogP contribution in [0, 0.1) is 5.92 Å². The van der Waals surface area contributed by atoms with E-state index < -0.39 is 6.03 Å². The van der Waals surface area contributed by atoms with Crippen molar-refractivity contribution in [1.29, 1.82) is 0 Å². The van der Waals surface area contributed by atoms with Gasteiger partial charge >= 0.3 is 6.03 Å². The molecular weight excluding hydrogens is 232 g/mol. The SMILES string of the molecule is CNC(=O)NC(=O)CCN(C)CC1CCCNC1. The lowest BCUT2D eigenvalue weighted by Crippen LogP contribution is -2.40. The van der Waals surface area contributed by atoms with Gasteiger partial charge in [0.05, 0.1) is 0 Å². The summed E-state index contributed by atoms with van der Waals surface area (Å²) in [5.74, 6) is 0.439. The molecule has 0 aliphatic carbocycles. The Labute approximate surface area is 108 Å². The predicted octanol–water partition coefficient (Wildman–Crippen LogP) is -0.236. The van der Waals surface area contributed by atoms with E-state index in [1.165, 1.54) is 19.9 Å². The molecule has 1 rings (SSSR count). The van der Waals surface area contributed by atoms with Gasteiger partial charge < -0.3 is 15.5 Å². The van der Waals surface area contributed by atoms with Crippen LogP contribution in [0.1, 0.15) is 19.3 Å². The Hall–Kier alpha value is -1.14. The fraction of sp³-hybridized carbons (Fsp3) is 0.833. The van der Waals surface area contributed by atoms with E-state index in [2.05, 4.69) is 20.9 Å². The van der Waals surface area contributed by atoms with Crippen molar-refractivity contribution in [2.45, 2.75) is 19.3 Å². The Morgan fingerprint density at radius 2 is 2.22 bits per heavy atom. The van der Waals surface area contributed by atoms with Gasteiger partial charge in [-0.25, -0.2) is 4.79 Å². The zero-order valence-corrected chi connectivity index (χ0v) is 11.3. The van der Waals surface area contributed by atoms with Crippen LogP contribution in [0.2, 0.25) is 0 Å². The predicted molar refractivity (Wildman–Crippen MR) is 70.3 cm³/mol. The molecule has 3 N–H and O–H groups in total. The van der Waals surface area contributed by atoms with Crippen molar-refractivity contribution in [3.8, 4) is 0 Å². The summed E-state index contributed by atoms with van der Waals surface area (Å²) in [6.07, 6.45) is 2.83. The first-order chi connectivity index (χ1) is 8.61. The molecule has 18 heavy (non-hydrogen) atoms. The molecule has 3 amide bonds. The number of nitrogens with zero attached hydrogens (tertiary/aromatic N) is 1. The smallest absolute Gasteiger partial charge is 0.321 e. The third-order valence-corrected chi connectivity index (χ3v) is 3.17. The summed E-state index contributed by atoms with van der Waals surface area (Å²) in [6.45, 7) is 3.86. The fourth-order valence-corrected chi connectivity index (χ4v) is 2.16. The number of carbonyl (C=O) groups is 2. The van der Waals surface area contributed by atoms with E-state index >= 15 is 0 Å². The Morgan fingerprint density at radius 3 is 2.83 bits per heavy atom. The number of nitrogens with one attached hydrogen (secondary N) is 3. The molecule has 1 heterocycles. The minimum atomic E-state index is -0.445. The number of piperidine rings is 1. The molecule has 0 aromatic heterocycles. The van der Waals surface area contributed by atoms with Crippen LogP contribution in [0.5, 0.6) is 0 Å². The van der Waals surface area contributed by atoms with Crippen molar-refractivity contribution in [3.05, 3.63) is 0 Å².